The number of rotatable bonds is 7. The van der Waals surface area contributed by atoms with Crippen LogP contribution in [0.25, 0.3) is 11.0 Å². The van der Waals surface area contributed by atoms with E-state index in [1.54, 1.807) is 0 Å². The lowest BCUT2D eigenvalue weighted by Crippen LogP contribution is -2.36. The van der Waals surface area contributed by atoms with Gasteiger partial charge in [-0.1, -0.05) is 6.42 Å². The number of unbranched alkanes of at least 4 members (excludes halogenated alkanes) is 1. The molecule has 2 fully saturated rings. The minimum absolute atomic E-state index is 0.0918. The molecule has 0 amide bonds. The number of nitrogens with zero attached hydrogens (tertiary/aromatic N) is 3. The van der Waals surface area contributed by atoms with Gasteiger partial charge in [-0.25, -0.2) is 4.57 Å². The van der Waals surface area contributed by atoms with E-state index in [-0.39, 0.29) is 37.6 Å². The Bertz CT molecular complexity index is 915. The number of imidazole rings is 1. The van der Waals surface area contributed by atoms with Crippen molar-refractivity contribution in [1.29, 1.82) is 0 Å². The normalized spacial score (nSPS) is 18.6. The smallest absolute Gasteiger partial charge is 0.394 e. The second-order valence-electron chi connectivity index (χ2n) is 8.09. The molecule has 164 valence electrons. The third-order valence-corrected chi connectivity index (χ3v) is 6.17. The van der Waals surface area contributed by atoms with Crippen LogP contribution in [-0.2, 0) is 4.74 Å². The molecule has 1 saturated heterocycles. The molecule has 1 aromatic heterocycles. The van der Waals surface area contributed by atoms with E-state index < -0.39 is 11.6 Å². The van der Waals surface area contributed by atoms with E-state index in [1.165, 1.54) is 11.7 Å². The summed E-state index contributed by atoms with van der Waals surface area (Å²) in [6, 6.07) is 5.91. The van der Waals surface area contributed by atoms with E-state index in [0.29, 0.717) is 37.1 Å². The predicted molar refractivity (Wildman–Crippen MR) is 106 cm³/mol. The zero-order chi connectivity index (χ0) is 21.4. The van der Waals surface area contributed by atoms with Gasteiger partial charge in [-0.15, -0.1) is 0 Å². The second kappa shape index (κ2) is 8.09. The van der Waals surface area contributed by atoms with E-state index in [9.17, 15) is 18.0 Å². The van der Waals surface area contributed by atoms with E-state index in [4.69, 9.17) is 9.47 Å². The standard InChI is InChI=1S/C21H26F3N3O3/c1-29-19-25-16-14-15(26-10-12-30-13-11-26)5-6-17(16)27(19)18(28)4-2-3-7-20(8-9-20)21(22,23)24/h5-6,14H,2-4,7-13H2,1H3. The zero-order valence-electron chi connectivity index (χ0n) is 17.0. The van der Waals surface area contributed by atoms with E-state index in [1.807, 2.05) is 18.2 Å². The molecule has 1 aliphatic heterocycles. The molecular formula is C21H26F3N3O3. The first-order valence-electron chi connectivity index (χ1n) is 10.3. The summed E-state index contributed by atoms with van der Waals surface area (Å²) in [7, 11) is 1.45. The van der Waals surface area contributed by atoms with Gasteiger partial charge in [0, 0.05) is 25.2 Å². The van der Waals surface area contributed by atoms with Gasteiger partial charge in [0.2, 0.25) is 5.91 Å². The lowest BCUT2D eigenvalue weighted by molar-refractivity contribution is -0.189. The van der Waals surface area contributed by atoms with Crippen LogP contribution in [0.1, 0.15) is 43.3 Å². The van der Waals surface area contributed by atoms with Crippen LogP contribution in [-0.4, -0.2) is 55.0 Å². The fourth-order valence-electron chi connectivity index (χ4n) is 4.12. The van der Waals surface area contributed by atoms with Gasteiger partial charge in [0.05, 0.1) is 36.8 Å². The van der Waals surface area contributed by atoms with Gasteiger partial charge in [0.1, 0.15) is 0 Å². The van der Waals surface area contributed by atoms with Crippen molar-refractivity contribution in [1.82, 2.24) is 9.55 Å². The molecule has 0 radical (unpaired) electrons. The Morgan fingerprint density at radius 3 is 2.60 bits per heavy atom. The van der Waals surface area contributed by atoms with Gasteiger partial charge in [0.15, 0.2) is 0 Å². The maximum atomic E-state index is 13.0. The molecule has 0 atom stereocenters. The van der Waals surface area contributed by atoms with Crippen molar-refractivity contribution in [2.75, 3.05) is 38.3 Å². The highest BCUT2D eigenvalue weighted by molar-refractivity contribution is 5.93. The molecule has 2 aliphatic rings. The van der Waals surface area contributed by atoms with Crippen LogP contribution < -0.4 is 9.64 Å². The van der Waals surface area contributed by atoms with E-state index in [2.05, 4.69) is 9.88 Å². The topological polar surface area (TPSA) is 56.6 Å². The highest BCUT2D eigenvalue weighted by Crippen LogP contribution is 2.60. The number of ether oxygens (including phenoxy) is 2. The summed E-state index contributed by atoms with van der Waals surface area (Å²) < 4.78 is 51.2. The number of hydrogen-bond donors (Lipinski definition) is 0. The first kappa shape index (κ1) is 21.0. The fourth-order valence-corrected chi connectivity index (χ4v) is 4.12. The summed E-state index contributed by atoms with van der Waals surface area (Å²) in [5.74, 6) is -0.217. The van der Waals surface area contributed by atoms with Crippen LogP contribution in [0.2, 0.25) is 0 Å². The highest BCUT2D eigenvalue weighted by Gasteiger charge is 2.62. The Labute approximate surface area is 172 Å². The largest absolute Gasteiger partial charge is 0.468 e. The fraction of sp³-hybridized carbons (Fsp3) is 0.619. The molecule has 1 aromatic carbocycles. The Morgan fingerprint density at radius 1 is 1.23 bits per heavy atom. The summed E-state index contributed by atoms with van der Waals surface area (Å²) in [6.45, 7) is 2.93. The molecule has 9 heteroatoms. The number of carbonyl (C=O) groups excluding carboxylic acids is 1. The average molecular weight is 425 g/mol. The number of morpholine rings is 1. The quantitative estimate of drug-likeness (QED) is 0.615. The van der Waals surface area contributed by atoms with Crippen molar-refractivity contribution in [2.24, 2.45) is 5.41 Å². The number of alkyl halides is 3. The molecule has 0 N–H and O–H groups in total. The molecule has 2 heterocycles. The third-order valence-electron chi connectivity index (χ3n) is 6.17. The molecule has 2 aromatic rings. The number of anilines is 1. The Balaban J connectivity index is 1.44. The predicted octanol–water partition coefficient (Wildman–Crippen LogP) is 4.42. The lowest BCUT2D eigenvalue weighted by Gasteiger charge is -2.28. The monoisotopic (exact) mass is 425 g/mol. The number of benzene rings is 1. The minimum atomic E-state index is -4.14. The Hall–Kier alpha value is -2.29. The van der Waals surface area contributed by atoms with Crippen molar-refractivity contribution in [3.8, 4) is 6.01 Å². The number of methoxy groups -OCH3 is 1. The van der Waals surface area contributed by atoms with Crippen LogP contribution >= 0.6 is 0 Å². The van der Waals surface area contributed by atoms with Crippen molar-refractivity contribution in [2.45, 2.75) is 44.7 Å². The van der Waals surface area contributed by atoms with Crippen LogP contribution in [0.5, 0.6) is 6.01 Å². The molecule has 1 saturated carbocycles. The number of halogens is 3. The summed E-state index contributed by atoms with van der Waals surface area (Å²) >= 11 is 0. The van der Waals surface area contributed by atoms with Gasteiger partial charge >= 0.3 is 12.2 Å². The molecule has 1 aliphatic carbocycles. The van der Waals surface area contributed by atoms with E-state index >= 15 is 0 Å². The third kappa shape index (κ3) is 3.99. The molecule has 4 rings (SSSR count). The maximum Gasteiger partial charge on any atom is 0.394 e. The summed E-state index contributed by atoms with van der Waals surface area (Å²) in [5.41, 5.74) is 0.791. The van der Waals surface area contributed by atoms with E-state index in [0.717, 1.165) is 18.8 Å². The maximum absolute atomic E-state index is 13.0. The first-order chi connectivity index (χ1) is 14.3. The highest BCUT2D eigenvalue weighted by atomic mass is 19.4. The molecule has 6 nitrogen and oxygen atoms in total. The summed E-state index contributed by atoms with van der Waals surface area (Å²) in [5, 5.41) is 0. The van der Waals surface area contributed by atoms with Crippen LogP contribution in [0.15, 0.2) is 18.2 Å². The molecule has 30 heavy (non-hydrogen) atoms. The number of aromatic nitrogens is 2. The number of fused-ring (bicyclic) bond motifs is 1. The molecular weight excluding hydrogens is 399 g/mol. The van der Waals surface area contributed by atoms with Crippen LogP contribution in [0.4, 0.5) is 18.9 Å². The molecule has 0 unspecified atom stereocenters. The van der Waals surface area contributed by atoms with Crippen LogP contribution in [0, 0.1) is 5.41 Å². The van der Waals surface area contributed by atoms with Crippen molar-refractivity contribution >= 4 is 22.6 Å². The van der Waals surface area contributed by atoms with Gasteiger partial charge < -0.3 is 14.4 Å². The van der Waals surface area contributed by atoms with Gasteiger partial charge in [-0.3, -0.25) is 4.79 Å². The van der Waals surface area contributed by atoms with Gasteiger partial charge in [0.25, 0.3) is 0 Å². The van der Waals surface area contributed by atoms with Gasteiger partial charge in [-0.2, -0.15) is 18.2 Å². The second-order valence-corrected chi connectivity index (χ2v) is 8.09. The van der Waals surface area contributed by atoms with Crippen molar-refractivity contribution in [3.63, 3.8) is 0 Å². The number of carbonyl (C=O) groups is 1. The Morgan fingerprint density at radius 2 is 1.97 bits per heavy atom. The summed E-state index contributed by atoms with van der Waals surface area (Å²) in [4.78, 5) is 19.4. The van der Waals surface area contributed by atoms with Crippen LogP contribution in [0.3, 0.4) is 0 Å². The average Bonchev–Trinajstić information content (AvgIpc) is 3.45. The zero-order valence-corrected chi connectivity index (χ0v) is 17.0. The van der Waals surface area contributed by atoms with Gasteiger partial charge in [-0.05, 0) is 43.9 Å². The minimum Gasteiger partial charge on any atom is -0.468 e. The first-order valence-corrected chi connectivity index (χ1v) is 10.3. The number of hydrogen-bond acceptors (Lipinski definition) is 5. The van der Waals surface area contributed by atoms with Crippen molar-refractivity contribution < 1.29 is 27.4 Å². The molecule has 0 spiro atoms. The Kier molecular flexibility index (Phi) is 5.65. The summed E-state index contributed by atoms with van der Waals surface area (Å²) in [6.07, 6.45) is -2.70. The van der Waals surface area contributed by atoms with Crippen molar-refractivity contribution in [3.05, 3.63) is 18.2 Å². The molecule has 0 bridgehead atoms. The SMILES string of the molecule is COc1nc2cc(N3CCOCC3)ccc2n1C(=O)CCCCC1(C(F)(F)F)CC1. The lowest BCUT2D eigenvalue weighted by atomic mass is 9.97.